The van der Waals surface area contributed by atoms with E-state index in [0.29, 0.717) is 6.42 Å². The predicted octanol–water partition coefficient (Wildman–Crippen LogP) is 6.33. The van der Waals surface area contributed by atoms with Crippen LogP contribution < -0.4 is 0 Å². The first-order valence-corrected chi connectivity index (χ1v) is 10.5. The Bertz CT molecular complexity index is 531. The molecule has 0 amide bonds. The minimum absolute atomic E-state index is 0.0385. The highest BCUT2D eigenvalue weighted by atomic mass is 16.6. The average Bonchev–Trinajstić information content (AvgIpc) is 2.66. The average molecular weight is 378 g/mol. The Kier molecular flexibility index (Phi) is 11.4. The normalized spacial score (nSPS) is 13.2. The van der Waals surface area contributed by atoms with Crippen LogP contribution in [0.1, 0.15) is 96.0 Å². The lowest BCUT2D eigenvalue weighted by molar-refractivity contribution is -0.565. The first kappa shape index (κ1) is 23.1. The molecular formula is C22H35NO4. The number of nitro groups is 1. The number of nitrogens with zero attached hydrogens (tertiary/aromatic N) is 1. The minimum Gasteiger partial charge on any atom is -0.476 e. The van der Waals surface area contributed by atoms with E-state index in [-0.39, 0.29) is 12.0 Å². The van der Waals surface area contributed by atoms with Crippen LogP contribution in [-0.2, 0) is 10.3 Å². The van der Waals surface area contributed by atoms with Crippen molar-refractivity contribution in [1.29, 1.82) is 0 Å². The van der Waals surface area contributed by atoms with Crippen LogP contribution in [0.2, 0.25) is 0 Å². The topological polar surface area (TPSA) is 80.4 Å². The van der Waals surface area contributed by atoms with E-state index in [0.717, 1.165) is 19.3 Å². The lowest BCUT2D eigenvalue weighted by atomic mass is 9.85. The number of unbranched alkanes of at least 4 members (excludes halogenated alkanes) is 11. The molecule has 0 aromatic heterocycles. The van der Waals surface area contributed by atoms with Crippen LogP contribution in [0.4, 0.5) is 0 Å². The third kappa shape index (κ3) is 7.69. The van der Waals surface area contributed by atoms with Crippen molar-refractivity contribution in [2.24, 2.45) is 0 Å². The van der Waals surface area contributed by atoms with Gasteiger partial charge in [0.1, 0.15) is 0 Å². The molecule has 0 spiro atoms. The Hall–Kier alpha value is -1.91. The summed E-state index contributed by atoms with van der Waals surface area (Å²) in [5.74, 6) is -1.37. The molecule has 1 rings (SSSR count). The van der Waals surface area contributed by atoms with Gasteiger partial charge in [-0.2, -0.15) is 0 Å². The van der Waals surface area contributed by atoms with Crippen LogP contribution in [0.3, 0.4) is 0 Å². The Morgan fingerprint density at radius 2 is 1.33 bits per heavy atom. The Balaban J connectivity index is 2.29. The number of carbonyl (C=O) groups is 1. The van der Waals surface area contributed by atoms with Gasteiger partial charge in [-0.05, 0) is 6.42 Å². The maximum absolute atomic E-state index is 11.8. The molecule has 0 saturated heterocycles. The van der Waals surface area contributed by atoms with Crippen molar-refractivity contribution in [2.75, 3.05) is 0 Å². The largest absolute Gasteiger partial charge is 0.476 e. The summed E-state index contributed by atoms with van der Waals surface area (Å²) in [5, 5.41) is 21.2. The molecule has 1 aromatic rings. The molecule has 1 aromatic carbocycles. The molecule has 152 valence electrons. The molecule has 1 atom stereocenters. The molecule has 0 aliphatic rings. The number of benzene rings is 1. The molecule has 0 radical (unpaired) electrons. The van der Waals surface area contributed by atoms with E-state index in [1.54, 1.807) is 18.2 Å². The fourth-order valence-corrected chi connectivity index (χ4v) is 3.59. The molecule has 1 N–H and O–H groups in total. The summed E-state index contributed by atoms with van der Waals surface area (Å²) >= 11 is 0. The van der Waals surface area contributed by atoms with Crippen molar-refractivity contribution in [3.05, 3.63) is 46.0 Å². The van der Waals surface area contributed by atoms with E-state index in [1.165, 1.54) is 63.5 Å². The van der Waals surface area contributed by atoms with Gasteiger partial charge in [0, 0.05) is 16.9 Å². The van der Waals surface area contributed by atoms with Crippen LogP contribution in [0.5, 0.6) is 0 Å². The van der Waals surface area contributed by atoms with Gasteiger partial charge in [-0.3, -0.25) is 10.1 Å². The number of carboxylic acid groups (broad SMARTS) is 1. The molecule has 5 nitrogen and oxygen atoms in total. The second kappa shape index (κ2) is 13.3. The van der Waals surface area contributed by atoms with Crippen molar-refractivity contribution >= 4 is 5.97 Å². The Labute approximate surface area is 163 Å². The van der Waals surface area contributed by atoms with E-state index in [4.69, 9.17) is 0 Å². The molecule has 0 fully saturated rings. The summed E-state index contributed by atoms with van der Waals surface area (Å²) in [4.78, 5) is 22.7. The van der Waals surface area contributed by atoms with E-state index in [9.17, 15) is 20.0 Å². The SMILES string of the molecule is CCCCCCCCCCCCCCC(C(=O)O)(c1ccccc1)[N+](=O)[O-]. The lowest BCUT2D eigenvalue weighted by Gasteiger charge is -2.21. The third-order valence-corrected chi connectivity index (χ3v) is 5.31. The molecule has 0 aliphatic carbocycles. The smallest absolute Gasteiger partial charge is 0.387 e. The fraction of sp³-hybridized carbons (Fsp3) is 0.682. The monoisotopic (exact) mass is 377 g/mol. The maximum atomic E-state index is 11.8. The second-order valence-electron chi connectivity index (χ2n) is 7.43. The van der Waals surface area contributed by atoms with Crippen LogP contribution in [0.25, 0.3) is 0 Å². The molecule has 0 bridgehead atoms. The van der Waals surface area contributed by atoms with E-state index < -0.39 is 16.4 Å². The van der Waals surface area contributed by atoms with Crippen LogP contribution in [0.15, 0.2) is 30.3 Å². The van der Waals surface area contributed by atoms with Crippen molar-refractivity contribution in [3.8, 4) is 0 Å². The summed E-state index contributed by atoms with van der Waals surface area (Å²) in [7, 11) is 0. The Morgan fingerprint density at radius 3 is 1.74 bits per heavy atom. The first-order chi connectivity index (χ1) is 13.1. The molecule has 0 aliphatic heterocycles. The fourth-order valence-electron chi connectivity index (χ4n) is 3.59. The van der Waals surface area contributed by atoms with Gasteiger partial charge >= 0.3 is 11.5 Å². The van der Waals surface area contributed by atoms with Crippen LogP contribution >= 0.6 is 0 Å². The highest BCUT2D eigenvalue weighted by Crippen LogP contribution is 2.31. The van der Waals surface area contributed by atoms with Gasteiger partial charge in [0.25, 0.3) is 0 Å². The maximum Gasteiger partial charge on any atom is 0.387 e. The van der Waals surface area contributed by atoms with Gasteiger partial charge in [0.2, 0.25) is 0 Å². The molecule has 5 heteroatoms. The van der Waals surface area contributed by atoms with Crippen LogP contribution in [0, 0.1) is 10.1 Å². The molecule has 27 heavy (non-hydrogen) atoms. The number of hydrogen-bond acceptors (Lipinski definition) is 3. The molecular weight excluding hydrogens is 342 g/mol. The summed E-state index contributed by atoms with van der Waals surface area (Å²) in [6, 6.07) is 8.12. The van der Waals surface area contributed by atoms with E-state index in [2.05, 4.69) is 6.92 Å². The summed E-state index contributed by atoms with van der Waals surface area (Å²) < 4.78 is 0. The molecule has 1 unspecified atom stereocenters. The van der Waals surface area contributed by atoms with Gasteiger partial charge in [-0.25, -0.2) is 4.79 Å². The number of aliphatic carboxylic acids is 1. The lowest BCUT2D eigenvalue weighted by Crippen LogP contribution is -2.43. The zero-order valence-corrected chi connectivity index (χ0v) is 16.7. The van der Waals surface area contributed by atoms with Crippen molar-refractivity contribution in [1.82, 2.24) is 0 Å². The number of hydrogen-bond donors (Lipinski definition) is 1. The first-order valence-electron chi connectivity index (χ1n) is 10.5. The van der Waals surface area contributed by atoms with Gasteiger partial charge in [0.05, 0.1) is 0 Å². The quantitative estimate of drug-likeness (QED) is 0.207. The summed E-state index contributed by atoms with van der Waals surface area (Å²) in [6.45, 7) is 2.23. The Morgan fingerprint density at radius 1 is 0.889 bits per heavy atom. The van der Waals surface area contributed by atoms with Crippen LogP contribution in [-0.4, -0.2) is 16.0 Å². The highest BCUT2D eigenvalue weighted by molar-refractivity contribution is 5.79. The summed E-state index contributed by atoms with van der Waals surface area (Å²) in [5.41, 5.74) is -1.77. The zero-order chi connectivity index (χ0) is 20.0. The second-order valence-corrected chi connectivity index (χ2v) is 7.43. The zero-order valence-electron chi connectivity index (χ0n) is 16.7. The van der Waals surface area contributed by atoms with Crippen molar-refractivity contribution < 1.29 is 14.8 Å². The van der Waals surface area contributed by atoms with Gasteiger partial charge in [-0.15, -0.1) is 0 Å². The van der Waals surface area contributed by atoms with Gasteiger partial charge < -0.3 is 5.11 Å². The predicted molar refractivity (Wildman–Crippen MR) is 108 cm³/mol. The van der Waals surface area contributed by atoms with Gasteiger partial charge in [0.15, 0.2) is 0 Å². The molecule has 0 saturated carbocycles. The standard InChI is InChI=1S/C22H35NO4/c1-2-3-4-5-6-7-8-9-10-11-12-16-19-22(21(24)25,23(26)27)20-17-14-13-15-18-20/h13-15,17-18H,2-12,16,19H2,1H3,(H,24,25). The van der Waals surface area contributed by atoms with Crippen molar-refractivity contribution in [2.45, 2.75) is 95.9 Å². The van der Waals surface area contributed by atoms with E-state index >= 15 is 0 Å². The summed E-state index contributed by atoms with van der Waals surface area (Å²) in [6.07, 6.45) is 13.9. The highest BCUT2D eigenvalue weighted by Gasteiger charge is 2.52. The van der Waals surface area contributed by atoms with Crippen molar-refractivity contribution in [3.63, 3.8) is 0 Å². The molecule has 0 heterocycles. The minimum atomic E-state index is -2.03. The van der Waals surface area contributed by atoms with E-state index in [1.807, 2.05) is 0 Å². The third-order valence-electron chi connectivity index (χ3n) is 5.31. The van der Waals surface area contributed by atoms with Gasteiger partial charge in [-0.1, -0.05) is 108 Å². The number of carboxylic acids is 1. The number of rotatable bonds is 16.